The van der Waals surface area contributed by atoms with Gasteiger partial charge in [0.1, 0.15) is 0 Å². The summed E-state index contributed by atoms with van der Waals surface area (Å²) in [6.45, 7) is 4.94. The third-order valence-electron chi connectivity index (χ3n) is 4.71. The second kappa shape index (κ2) is 8.50. The highest BCUT2D eigenvalue weighted by Gasteiger charge is 2.25. The second-order valence-electron chi connectivity index (χ2n) is 6.50. The van der Waals surface area contributed by atoms with E-state index < -0.39 is 0 Å². The second-order valence-corrected chi connectivity index (χ2v) is 7.48. The number of hydrogen-bond acceptors (Lipinski definition) is 3. The number of rotatable bonds is 6. The molecule has 3 unspecified atom stereocenters. The SMILES string of the molecule is CCc1ccc(C(NC(=O)NC(C)C2CCCO2)c2cccs2)cc1. The smallest absolute Gasteiger partial charge is 0.315 e. The van der Waals surface area contributed by atoms with Crippen LogP contribution < -0.4 is 10.6 Å². The molecule has 5 heteroatoms. The minimum absolute atomic E-state index is 0.00829. The molecule has 2 amide bonds. The Balaban J connectivity index is 1.70. The Labute approximate surface area is 153 Å². The summed E-state index contributed by atoms with van der Waals surface area (Å²) in [5.74, 6) is 0. The number of hydrogen-bond donors (Lipinski definition) is 2. The molecule has 2 aromatic rings. The molecular formula is C20H26N2O2S. The van der Waals surface area contributed by atoms with E-state index in [1.165, 1.54) is 5.56 Å². The van der Waals surface area contributed by atoms with Crippen LogP contribution in [0.2, 0.25) is 0 Å². The van der Waals surface area contributed by atoms with Gasteiger partial charge in [0.15, 0.2) is 0 Å². The molecule has 134 valence electrons. The van der Waals surface area contributed by atoms with Gasteiger partial charge in [0.05, 0.1) is 18.2 Å². The lowest BCUT2D eigenvalue weighted by Crippen LogP contribution is -2.46. The van der Waals surface area contributed by atoms with E-state index in [1.807, 2.05) is 18.4 Å². The first kappa shape index (κ1) is 18.0. The van der Waals surface area contributed by atoms with Crippen LogP contribution >= 0.6 is 11.3 Å². The highest BCUT2D eigenvalue weighted by Crippen LogP contribution is 2.26. The molecule has 1 aromatic carbocycles. The van der Waals surface area contributed by atoms with Crippen molar-refractivity contribution in [3.8, 4) is 0 Å². The molecule has 1 aromatic heterocycles. The van der Waals surface area contributed by atoms with Gasteiger partial charge in [-0.15, -0.1) is 11.3 Å². The molecule has 25 heavy (non-hydrogen) atoms. The molecule has 1 aliphatic rings. The summed E-state index contributed by atoms with van der Waals surface area (Å²) >= 11 is 1.65. The van der Waals surface area contributed by atoms with Gasteiger partial charge in [-0.1, -0.05) is 37.3 Å². The molecule has 0 radical (unpaired) electrons. The summed E-state index contributed by atoms with van der Waals surface area (Å²) < 4.78 is 5.66. The Hall–Kier alpha value is -1.85. The summed E-state index contributed by atoms with van der Waals surface area (Å²) in [5.41, 5.74) is 2.39. The van der Waals surface area contributed by atoms with Crippen LogP contribution in [0.5, 0.6) is 0 Å². The van der Waals surface area contributed by atoms with Gasteiger partial charge in [0, 0.05) is 11.5 Å². The van der Waals surface area contributed by atoms with Gasteiger partial charge in [-0.3, -0.25) is 0 Å². The summed E-state index contributed by atoms with van der Waals surface area (Å²) in [5, 5.41) is 8.21. The van der Waals surface area contributed by atoms with E-state index in [0.29, 0.717) is 0 Å². The van der Waals surface area contributed by atoms with Crippen LogP contribution in [0.4, 0.5) is 4.79 Å². The summed E-state index contributed by atoms with van der Waals surface area (Å²) in [4.78, 5) is 13.7. The minimum Gasteiger partial charge on any atom is -0.376 e. The quantitative estimate of drug-likeness (QED) is 0.810. The Bertz CT molecular complexity index is 664. The maximum absolute atomic E-state index is 12.5. The molecule has 3 atom stereocenters. The van der Waals surface area contributed by atoms with Crippen molar-refractivity contribution in [2.75, 3.05) is 6.61 Å². The van der Waals surface area contributed by atoms with Gasteiger partial charge in [-0.2, -0.15) is 0 Å². The number of carbonyl (C=O) groups excluding carboxylic acids is 1. The third kappa shape index (κ3) is 4.61. The zero-order valence-electron chi connectivity index (χ0n) is 14.8. The highest BCUT2D eigenvalue weighted by atomic mass is 32.1. The Morgan fingerprint density at radius 1 is 1.28 bits per heavy atom. The Morgan fingerprint density at radius 3 is 2.68 bits per heavy atom. The van der Waals surface area contributed by atoms with E-state index in [1.54, 1.807) is 11.3 Å². The standard InChI is InChI=1S/C20H26N2O2S/c1-3-15-8-10-16(11-9-15)19(18-7-5-13-25-18)22-20(23)21-14(2)17-6-4-12-24-17/h5,7-11,13-14,17,19H,3-4,6,12H2,1-2H3,(H2,21,22,23). The zero-order chi connectivity index (χ0) is 17.6. The molecule has 0 saturated carbocycles. The lowest BCUT2D eigenvalue weighted by Gasteiger charge is -2.23. The number of aryl methyl sites for hydroxylation is 1. The molecule has 1 aliphatic heterocycles. The first-order valence-corrected chi connectivity index (χ1v) is 9.86. The highest BCUT2D eigenvalue weighted by molar-refractivity contribution is 7.10. The fraction of sp³-hybridized carbons (Fsp3) is 0.450. The lowest BCUT2D eigenvalue weighted by molar-refractivity contribution is 0.0859. The number of amides is 2. The normalized spacial score (nSPS) is 19.4. The van der Waals surface area contributed by atoms with E-state index >= 15 is 0 Å². The maximum atomic E-state index is 12.5. The van der Waals surface area contributed by atoms with E-state index in [9.17, 15) is 4.79 Å². The molecule has 4 nitrogen and oxygen atoms in total. The van der Waals surface area contributed by atoms with Gasteiger partial charge in [-0.05, 0) is 48.8 Å². The maximum Gasteiger partial charge on any atom is 0.315 e. The molecule has 0 spiro atoms. The first-order chi connectivity index (χ1) is 12.2. The van der Waals surface area contributed by atoms with E-state index in [-0.39, 0.29) is 24.2 Å². The van der Waals surface area contributed by atoms with Gasteiger partial charge >= 0.3 is 6.03 Å². The molecule has 3 rings (SSSR count). The van der Waals surface area contributed by atoms with E-state index in [2.05, 4.69) is 47.9 Å². The number of ether oxygens (including phenoxy) is 1. The van der Waals surface area contributed by atoms with Crippen LogP contribution in [0.15, 0.2) is 41.8 Å². The average Bonchev–Trinajstić information content (AvgIpc) is 3.33. The number of carbonyl (C=O) groups is 1. The number of thiophene rings is 1. The van der Waals surface area contributed by atoms with Crippen molar-refractivity contribution in [2.24, 2.45) is 0 Å². The molecule has 0 aliphatic carbocycles. The van der Waals surface area contributed by atoms with Crippen molar-refractivity contribution in [1.82, 2.24) is 10.6 Å². The Kier molecular flexibility index (Phi) is 6.10. The van der Waals surface area contributed by atoms with Crippen LogP contribution in [-0.2, 0) is 11.2 Å². The topological polar surface area (TPSA) is 50.4 Å². The van der Waals surface area contributed by atoms with Crippen LogP contribution in [0.1, 0.15) is 48.7 Å². The summed E-state index contributed by atoms with van der Waals surface area (Å²) in [7, 11) is 0. The van der Waals surface area contributed by atoms with Crippen molar-refractivity contribution in [3.63, 3.8) is 0 Å². The molecule has 2 N–H and O–H groups in total. The predicted molar refractivity (Wildman–Crippen MR) is 102 cm³/mol. The summed E-state index contributed by atoms with van der Waals surface area (Å²) in [6.07, 6.45) is 3.21. The lowest BCUT2D eigenvalue weighted by atomic mass is 10.0. The van der Waals surface area contributed by atoms with Crippen molar-refractivity contribution >= 4 is 17.4 Å². The van der Waals surface area contributed by atoms with Crippen molar-refractivity contribution in [1.29, 1.82) is 0 Å². The van der Waals surface area contributed by atoms with Crippen LogP contribution in [-0.4, -0.2) is 24.8 Å². The van der Waals surface area contributed by atoms with Crippen molar-refractivity contribution in [2.45, 2.75) is 51.3 Å². The predicted octanol–water partition coefficient (Wildman–Crippen LogP) is 4.27. The van der Waals surface area contributed by atoms with Crippen LogP contribution in [0, 0.1) is 0 Å². The van der Waals surface area contributed by atoms with Crippen LogP contribution in [0.25, 0.3) is 0 Å². The van der Waals surface area contributed by atoms with Crippen molar-refractivity contribution < 1.29 is 9.53 Å². The largest absolute Gasteiger partial charge is 0.376 e. The monoisotopic (exact) mass is 358 g/mol. The van der Waals surface area contributed by atoms with Gasteiger partial charge < -0.3 is 15.4 Å². The molecule has 1 saturated heterocycles. The Morgan fingerprint density at radius 2 is 2.08 bits per heavy atom. The molecule has 2 heterocycles. The number of benzene rings is 1. The third-order valence-corrected chi connectivity index (χ3v) is 5.64. The number of urea groups is 1. The van der Waals surface area contributed by atoms with E-state index in [0.717, 1.165) is 36.3 Å². The van der Waals surface area contributed by atoms with Crippen molar-refractivity contribution in [3.05, 3.63) is 57.8 Å². The molecule has 1 fully saturated rings. The number of nitrogens with one attached hydrogen (secondary N) is 2. The van der Waals surface area contributed by atoms with Gasteiger partial charge in [0.25, 0.3) is 0 Å². The summed E-state index contributed by atoms with van der Waals surface area (Å²) in [6, 6.07) is 12.3. The average molecular weight is 359 g/mol. The van der Waals surface area contributed by atoms with E-state index in [4.69, 9.17) is 4.74 Å². The zero-order valence-corrected chi connectivity index (χ0v) is 15.6. The minimum atomic E-state index is -0.152. The first-order valence-electron chi connectivity index (χ1n) is 8.98. The molecule has 0 bridgehead atoms. The van der Waals surface area contributed by atoms with Gasteiger partial charge in [-0.25, -0.2) is 4.79 Å². The fourth-order valence-electron chi connectivity index (χ4n) is 3.19. The fourth-order valence-corrected chi connectivity index (χ4v) is 3.99. The van der Waals surface area contributed by atoms with Gasteiger partial charge in [0.2, 0.25) is 0 Å². The van der Waals surface area contributed by atoms with Crippen LogP contribution in [0.3, 0.4) is 0 Å². The molecular weight excluding hydrogens is 332 g/mol.